The Labute approximate surface area is 129 Å². The number of fused-ring (bicyclic) bond motifs is 1. The number of rotatable bonds is 3. The van der Waals surface area contributed by atoms with Crippen LogP contribution in [0.5, 0.6) is 0 Å². The van der Waals surface area contributed by atoms with Gasteiger partial charge in [-0.2, -0.15) is 23.5 Å². The Morgan fingerprint density at radius 1 is 1.25 bits per heavy atom. The minimum atomic E-state index is -0.218. The topological polar surface area (TPSA) is 40.6 Å². The van der Waals surface area contributed by atoms with Gasteiger partial charge in [0.2, 0.25) is 11.8 Å². The fourth-order valence-electron chi connectivity index (χ4n) is 3.43. The zero-order chi connectivity index (χ0) is 14.1. The fourth-order valence-corrected chi connectivity index (χ4v) is 6.09. The van der Waals surface area contributed by atoms with Crippen molar-refractivity contribution in [2.24, 2.45) is 0 Å². The molecular formula is C14H22N2O2S2. The van der Waals surface area contributed by atoms with Crippen molar-refractivity contribution in [3.8, 4) is 0 Å². The van der Waals surface area contributed by atoms with Gasteiger partial charge in [0, 0.05) is 35.6 Å². The van der Waals surface area contributed by atoms with E-state index in [9.17, 15) is 9.59 Å². The third-order valence-electron chi connectivity index (χ3n) is 4.44. The Bertz CT molecular complexity index is 399. The van der Waals surface area contributed by atoms with Gasteiger partial charge in [0.1, 0.15) is 12.1 Å². The predicted octanol–water partition coefficient (Wildman–Crippen LogP) is 1.45. The minimum Gasteiger partial charge on any atom is -0.329 e. The van der Waals surface area contributed by atoms with Crippen LogP contribution in [0.3, 0.4) is 0 Å². The van der Waals surface area contributed by atoms with Gasteiger partial charge >= 0.3 is 0 Å². The van der Waals surface area contributed by atoms with Gasteiger partial charge in [-0.25, -0.2) is 0 Å². The highest BCUT2D eigenvalue weighted by molar-refractivity contribution is 8.06. The van der Waals surface area contributed by atoms with Gasteiger partial charge in [-0.15, -0.1) is 0 Å². The lowest BCUT2D eigenvalue weighted by Gasteiger charge is -2.43. The molecule has 0 N–H and O–H groups in total. The summed E-state index contributed by atoms with van der Waals surface area (Å²) in [5, 5.41) is 0.493. The lowest BCUT2D eigenvalue weighted by Crippen LogP contribution is -2.63. The summed E-state index contributed by atoms with van der Waals surface area (Å²) in [6, 6.07) is -0.379. The smallest absolute Gasteiger partial charge is 0.246 e. The molecule has 0 spiro atoms. The molecule has 0 radical (unpaired) electrons. The molecule has 0 bridgehead atoms. The van der Waals surface area contributed by atoms with Gasteiger partial charge in [0.15, 0.2) is 0 Å². The first kappa shape index (κ1) is 14.6. The number of hydrogen-bond donors (Lipinski definition) is 0. The molecule has 3 fully saturated rings. The second-order valence-electron chi connectivity index (χ2n) is 5.67. The largest absolute Gasteiger partial charge is 0.329 e. The van der Waals surface area contributed by atoms with E-state index in [2.05, 4.69) is 0 Å². The number of nitrogens with zero attached hydrogens (tertiary/aromatic N) is 2. The first-order chi connectivity index (χ1) is 9.72. The van der Waals surface area contributed by atoms with E-state index in [4.69, 9.17) is 0 Å². The maximum atomic E-state index is 12.7. The van der Waals surface area contributed by atoms with E-state index in [0.29, 0.717) is 5.25 Å². The van der Waals surface area contributed by atoms with E-state index in [1.54, 1.807) is 0 Å². The monoisotopic (exact) mass is 314 g/mol. The summed E-state index contributed by atoms with van der Waals surface area (Å²) >= 11 is 3.93. The van der Waals surface area contributed by atoms with E-state index in [1.165, 1.54) is 5.75 Å². The number of hydrogen-bond acceptors (Lipinski definition) is 4. The van der Waals surface area contributed by atoms with Gasteiger partial charge in [0.25, 0.3) is 0 Å². The molecule has 3 aliphatic heterocycles. The van der Waals surface area contributed by atoms with E-state index < -0.39 is 0 Å². The van der Waals surface area contributed by atoms with Crippen molar-refractivity contribution in [3.63, 3.8) is 0 Å². The van der Waals surface area contributed by atoms with Gasteiger partial charge in [-0.05, 0) is 19.3 Å². The van der Waals surface area contributed by atoms with Crippen LogP contribution >= 0.6 is 23.5 Å². The number of piperazine rings is 1. The van der Waals surface area contributed by atoms with Crippen LogP contribution in [-0.4, -0.2) is 69.3 Å². The number of thioether (sulfide) groups is 2. The zero-order valence-electron chi connectivity index (χ0n) is 11.9. The molecule has 2 amide bonds. The zero-order valence-corrected chi connectivity index (χ0v) is 13.5. The van der Waals surface area contributed by atoms with Crippen molar-refractivity contribution >= 4 is 35.3 Å². The SMILES string of the molecule is CCC1C(=O)N2CCCC2C(=O)N1CC1CSCCS1. The van der Waals surface area contributed by atoms with Crippen LogP contribution in [0, 0.1) is 0 Å². The van der Waals surface area contributed by atoms with E-state index in [0.717, 1.165) is 43.9 Å². The van der Waals surface area contributed by atoms with Crippen molar-refractivity contribution < 1.29 is 9.59 Å². The second kappa shape index (κ2) is 6.18. The van der Waals surface area contributed by atoms with Crippen molar-refractivity contribution in [1.29, 1.82) is 0 Å². The molecule has 6 heteroatoms. The quantitative estimate of drug-likeness (QED) is 0.790. The molecule has 3 aliphatic rings. The second-order valence-corrected chi connectivity index (χ2v) is 8.23. The molecule has 0 aromatic carbocycles. The number of carbonyl (C=O) groups is 2. The minimum absolute atomic E-state index is 0.161. The summed E-state index contributed by atoms with van der Waals surface area (Å²) in [5.41, 5.74) is 0. The Morgan fingerprint density at radius 3 is 2.80 bits per heavy atom. The van der Waals surface area contributed by atoms with Crippen LogP contribution in [0.25, 0.3) is 0 Å². The van der Waals surface area contributed by atoms with Crippen LogP contribution in [0.1, 0.15) is 26.2 Å². The molecule has 4 nitrogen and oxygen atoms in total. The predicted molar refractivity (Wildman–Crippen MR) is 84.1 cm³/mol. The summed E-state index contributed by atoms with van der Waals surface area (Å²) in [7, 11) is 0. The molecule has 3 atom stereocenters. The van der Waals surface area contributed by atoms with E-state index in [1.807, 2.05) is 40.2 Å². The third-order valence-corrected chi connectivity index (χ3v) is 7.26. The molecule has 112 valence electrons. The highest BCUT2D eigenvalue weighted by Gasteiger charge is 2.47. The summed E-state index contributed by atoms with van der Waals surface area (Å²) in [6.07, 6.45) is 2.56. The van der Waals surface area contributed by atoms with Crippen LogP contribution in [0.2, 0.25) is 0 Å². The first-order valence-corrected chi connectivity index (χ1v) is 9.73. The highest BCUT2D eigenvalue weighted by Crippen LogP contribution is 2.31. The Balaban J connectivity index is 1.75. The average Bonchev–Trinajstić information content (AvgIpc) is 2.96. The van der Waals surface area contributed by atoms with Crippen molar-refractivity contribution in [1.82, 2.24) is 9.80 Å². The normalized spacial score (nSPS) is 34.5. The van der Waals surface area contributed by atoms with Crippen LogP contribution < -0.4 is 0 Å². The Morgan fingerprint density at radius 2 is 2.10 bits per heavy atom. The summed E-state index contributed by atoms with van der Waals surface area (Å²) in [5.74, 6) is 3.86. The average molecular weight is 314 g/mol. The van der Waals surface area contributed by atoms with Gasteiger partial charge in [-0.1, -0.05) is 6.92 Å². The summed E-state index contributed by atoms with van der Waals surface area (Å²) < 4.78 is 0. The highest BCUT2D eigenvalue weighted by atomic mass is 32.2. The van der Waals surface area contributed by atoms with E-state index >= 15 is 0 Å². The van der Waals surface area contributed by atoms with Gasteiger partial charge in [0.05, 0.1) is 0 Å². The maximum absolute atomic E-state index is 12.7. The number of amides is 2. The molecule has 3 rings (SSSR count). The van der Waals surface area contributed by atoms with Gasteiger partial charge in [-0.3, -0.25) is 9.59 Å². The molecule has 0 aromatic rings. The lowest BCUT2D eigenvalue weighted by molar-refractivity contribution is -0.159. The molecule has 0 saturated carbocycles. The fraction of sp³-hybridized carbons (Fsp3) is 0.857. The molecule has 20 heavy (non-hydrogen) atoms. The molecule has 3 saturated heterocycles. The molecule has 0 aromatic heterocycles. The summed E-state index contributed by atoms with van der Waals surface area (Å²) in [4.78, 5) is 29.0. The maximum Gasteiger partial charge on any atom is 0.246 e. The van der Waals surface area contributed by atoms with Crippen LogP contribution in [0.15, 0.2) is 0 Å². The molecule has 3 unspecified atom stereocenters. The van der Waals surface area contributed by atoms with Crippen molar-refractivity contribution in [2.75, 3.05) is 30.3 Å². The number of carbonyl (C=O) groups excluding carboxylic acids is 2. The molecule has 0 aliphatic carbocycles. The molecule has 3 heterocycles. The van der Waals surface area contributed by atoms with Crippen LogP contribution in [0.4, 0.5) is 0 Å². The van der Waals surface area contributed by atoms with Crippen LogP contribution in [-0.2, 0) is 9.59 Å². The third kappa shape index (κ3) is 2.56. The van der Waals surface area contributed by atoms with Crippen molar-refractivity contribution in [3.05, 3.63) is 0 Å². The molecular weight excluding hydrogens is 292 g/mol. The standard InChI is InChI=1S/C14H22N2O2S2/c1-2-11-13(17)15-5-3-4-12(15)14(18)16(11)8-10-9-19-6-7-20-10/h10-12H,2-9H2,1H3. The summed E-state index contributed by atoms with van der Waals surface area (Å²) in [6.45, 7) is 3.54. The van der Waals surface area contributed by atoms with E-state index in [-0.39, 0.29) is 23.9 Å². The first-order valence-electron chi connectivity index (χ1n) is 7.52. The lowest BCUT2D eigenvalue weighted by atomic mass is 10.0. The Kier molecular flexibility index (Phi) is 4.50. The van der Waals surface area contributed by atoms with Crippen molar-refractivity contribution in [2.45, 2.75) is 43.5 Å². The van der Waals surface area contributed by atoms with Gasteiger partial charge < -0.3 is 9.80 Å². The Hall–Kier alpha value is -0.360.